The molecule has 5 heterocycles. The first-order chi connectivity index (χ1) is 19.3. The van der Waals surface area contributed by atoms with Gasteiger partial charge in [-0.15, -0.1) is 0 Å². The number of hydrogen-bond acceptors (Lipinski definition) is 8. The number of likely N-dealkylation sites (N-methyl/N-ethyl adjacent to an activating group) is 1. The molecule has 210 valence electrons. The molecule has 6 rings (SSSR count). The van der Waals surface area contributed by atoms with Crippen LogP contribution in [0.1, 0.15) is 31.2 Å². The lowest BCUT2D eigenvalue weighted by Crippen LogP contribution is -2.45. The maximum atomic E-state index is 11.1. The van der Waals surface area contributed by atoms with E-state index < -0.39 is 5.97 Å². The molecule has 1 aromatic carbocycles. The zero-order chi connectivity index (χ0) is 27.8. The van der Waals surface area contributed by atoms with E-state index in [9.17, 15) is 4.79 Å². The molecule has 0 radical (unpaired) electrons. The van der Waals surface area contributed by atoms with Crippen molar-refractivity contribution in [2.45, 2.75) is 44.3 Å². The second-order valence-electron chi connectivity index (χ2n) is 11.1. The van der Waals surface area contributed by atoms with Crippen molar-refractivity contribution in [3.63, 3.8) is 0 Å². The van der Waals surface area contributed by atoms with Crippen LogP contribution < -0.4 is 9.64 Å². The van der Waals surface area contributed by atoms with Gasteiger partial charge in [-0.25, -0.2) is 15.0 Å². The number of halogens is 2. The average molecular weight is 584 g/mol. The number of anilines is 1. The van der Waals surface area contributed by atoms with E-state index in [0.717, 1.165) is 62.5 Å². The molecule has 0 spiro atoms. The van der Waals surface area contributed by atoms with E-state index in [1.807, 2.05) is 24.3 Å². The van der Waals surface area contributed by atoms with Crippen molar-refractivity contribution >= 4 is 35.1 Å². The lowest BCUT2D eigenvalue weighted by Gasteiger charge is -2.31. The Balaban J connectivity index is 1.21. The van der Waals surface area contributed by atoms with Gasteiger partial charge in [0, 0.05) is 59.8 Å². The summed E-state index contributed by atoms with van der Waals surface area (Å²) in [5, 5.41) is 10.2. The highest BCUT2D eigenvalue weighted by Crippen LogP contribution is 2.33. The van der Waals surface area contributed by atoms with Crippen molar-refractivity contribution in [3.8, 4) is 22.9 Å². The summed E-state index contributed by atoms with van der Waals surface area (Å²) < 4.78 is 6.18. The number of ether oxygens (including phenoxy) is 1. The number of carboxylic acid groups (broad SMARTS) is 1. The topological polar surface area (TPSA) is 94.9 Å². The molecule has 1 N–H and O–H groups in total. The molecule has 2 unspecified atom stereocenters. The average Bonchev–Trinajstić information content (AvgIpc) is 3.49. The maximum Gasteiger partial charge on any atom is 0.303 e. The fraction of sp³-hybridized carbons (Fsp3) is 0.448. The highest BCUT2D eigenvalue weighted by atomic mass is 35.5. The third-order valence-corrected chi connectivity index (χ3v) is 8.64. The van der Waals surface area contributed by atoms with Gasteiger partial charge >= 0.3 is 5.97 Å². The number of carboxylic acids is 1. The molecule has 2 bridgehead atoms. The van der Waals surface area contributed by atoms with Crippen molar-refractivity contribution in [2.75, 3.05) is 38.1 Å². The summed E-state index contributed by atoms with van der Waals surface area (Å²) in [6.45, 7) is 4.37. The van der Waals surface area contributed by atoms with Crippen LogP contribution in [0.25, 0.3) is 11.3 Å². The van der Waals surface area contributed by atoms with E-state index in [2.05, 4.69) is 31.7 Å². The van der Waals surface area contributed by atoms with E-state index >= 15 is 0 Å². The summed E-state index contributed by atoms with van der Waals surface area (Å²) in [5.41, 5.74) is 2.53. The Bertz CT molecular complexity index is 1360. The fourth-order valence-corrected chi connectivity index (χ4v) is 6.67. The van der Waals surface area contributed by atoms with E-state index in [-0.39, 0.29) is 12.3 Å². The molecule has 0 saturated carbocycles. The largest absolute Gasteiger partial charge is 0.481 e. The summed E-state index contributed by atoms with van der Waals surface area (Å²) in [5.74, 6) is 1.18. The number of piperidine rings is 1. The monoisotopic (exact) mass is 582 g/mol. The number of rotatable bonds is 8. The number of pyridine rings is 1. The molecule has 0 amide bonds. The number of benzene rings is 1. The summed E-state index contributed by atoms with van der Waals surface area (Å²) in [6, 6.07) is 10.3. The second-order valence-corrected chi connectivity index (χ2v) is 12.0. The molecule has 40 heavy (non-hydrogen) atoms. The molecule has 2 aromatic heterocycles. The quantitative estimate of drug-likeness (QED) is 0.383. The second kappa shape index (κ2) is 11.5. The summed E-state index contributed by atoms with van der Waals surface area (Å²) in [4.78, 5) is 32.1. The van der Waals surface area contributed by atoms with Gasteiger partial charge in [0.1, 0.15) is 0 Å². The first kappa shape index (κ1) is 27.2. The molecular weight excluding hydrogens is 551 g/mol. The molecule has 3 aliphatic rings. The Labute approximate surface area is 243 Å². The summed E-state index contributed by atoms with van der Waals surface area (Å²) >= 11 is 12.6. The predicted molar refractivity (Wildman–Crippen MR) is 154 cm³/mol. The van der Waals surface area contributed by atoms with Crippen LogP contribution in [-0.2, 0) is 11.3 Å². The Morgan fingerprint density at radius 1 is 1.02 bits per heavy atom. The molecule has 3 aromatic rings. The zero-order valence-corrected chi connectivity index (χ0v) is 23.9. The first-order valence-electron chi connectivity index (χ1n) is 13.7. The van der Waals surface area contributed by atoms with Crippen molar-refractivity contribution in [2.24, 2.45) is 5.92 Å². The van der Waals surface area contributed by atoms with Gasteiger partial charge in [0.2, 0.25) is 11.8 Å². The third kappa shape index (κ3) is 6.17. The molecule has 11 heteroatoms. The van der Waals surface area contributed by atoms with Crippen LogP contribution in [0.15, 0.2) is 42.7 Å². The number of fused-ring (bicyclic) bond motifs is 2. The number of nitrogens with zero attached hydrogens (tertiary/aromatic N) is 6. The van der Waals surface area contributed by atoms with E-state index in [1.165, 1.54) is 0 Å². The van der Waals surface area contributed by atoms with Gasteiger partial charge in [0.25, 0.3) is 0 Å². The predicted octanol–water partition coefficient (Wildman–Crippen LogP) is 5.22. The van der Waals surface area contributed by atoms with Crippen molar-refractivity contribution in [1.82, 2.24) is 24.8 Å². The van der Waals surface area contributed by atoms with Crippen LogP contribution in [0.3, 0.4) is 0 Å². The van der Waals surface area contributed by atoms with Crippen LogP contribution in [0, 0.1) is 5.92 Å². The molecule has 3 fully saturated rings. The molecule has 0 aliphatic carbocycles. The Kier molecular flexibility index (Phi) is 7.81. The van der Waals surface area contributed by atoms with Gasteiger partial charge in [0.05, 0.1) is 18.1 Å². The zero-order valence-electron chi connectivity index (χ0n) is 22.3. The normalized spacial score (nSPS) is 21.7. The van der Waals surface area contributed by atoms with Crippen LogP contribution in [0.5, 0.6) is 11.6 Å². The van der Waals surface area contributed by atoms with Gasteiger partial charge < -0.3 is 14.7 Å². The minimum Gasteiger partial charge on any atom is -0.481 e. The number of hydrogen-bond donors (Lipinski definition) is 1. The van der Waals surface area contributed by atoms with Crippen molar-refractivity contribution in [1.29, 1.82) is 0 Å². The van der Waals surface area contributed by atoms with Crippen molar-refractivity contribution < 1.29 is 14.6 Å². The number of carbonyl (C=O) groups is 1. The highest BCUT2D eigenvalue weighted by Gasteiger charge is 2.42. The minimum absolute atomic E-state index is 0.230. The van der Waals surface area contributed by atoms with Gasteiger partial charge in [-0.2, -0.15) is 0 Å². The van der Waals surface area contributed by atoms with Crippen LogP contribution >= 0.6 is 23.2 Å². The smallest absolute Gasteiger partial charge is 0.303 e. The minimum atomic E-state index is -0.725. The lowest BCUT2D eigenvalue weighted by atomic mass is 9.93. The van der Waals surface area contributed by atoms with Gasteiger partial charge in [-0.3, -0.25) is 14.6 Å². The van der Waals surface area contributed by atoms with Crippen LogP contribution in [0.4, 0.5) is 5.95 Å². The number of aromatic nitrogens is 3. The SMILES string of the molecule is CN1CC2CC1CN2c1ncc(Oc2cc(CN3CCC(CC(=O)O)CC3)cc(-c3cc(Cl)cc(Cl)c3)n2)cn1. The van der Waals surface area contributed by atoms with E-state index in [0.29, 0.717) is 46.0 Å². The molecule has 9 nitrogen and oxygen atoms in total. The van der Waals surface area contributed by atoms with E-state index in [4.69, 9.17) is 38.0 Å². The van der Waals surface area contributed by atoms with Crippen molar-refractivity contribution in [3.05, 3.63) is 58.3 Å². The third-order valence-electron chi connectivity index (χ3n) is 8.20. The Morgan fingerprint density at radius 2 is 1.75 bits per heavy atom. The molecular formula is C29H32Cl2N6O3. The Morgan fingerprint density at radius 3 is 2.38 bits per heavy atom. The number of piperazine rings is 1. The van der Waals surface area contributed by atoms with Gasteiger partial charge in [-0.05, 0) is 75.1 Å². The molecule has 3 saturated heterocycles. The highest BCUT2D eigenvalue weighted by molar-refractivity contribution is 6.35. The number of aliphatic carboxylic acids is 1. The van der Waals surface area contributed by atoms with Gasteiger partial charge in [0.15, 0.2) is 5.75 Å². The van der Waals surface area contributed by atoms with Gasteiger partial charge in [-0.1, -0.05) is 23.2 Å². The fourth-order valence-electron chi connectivity index (χ4n) is 6.15. The molecule has 3 aliphatic heterocycles. The summed E-state index contributed by atoms with van der Waals surface area (Å²) in [7, 11) is 2.17. The standard InChI is InChI=1S/C29H32Cl2N6O3/c1-35-16-24-12-23(35)17-37(24)29-32-13-25(14-33-29)40-27-7-19(15-36-4-2-18(3-5-36)8-28(38)39)6-26(34-27)20-9-21(30)11-22(31)10-20/h6-7,9-11,13-14,18,23-24H,2-5,8,12,15-17H2,1H3,(H,38,39). The molecule has 2 atom stereocenters. The number of likely N-dealkylation sites (tertiary alicyclic amines) is 2. The first-order valence-corrected chi connectivity index (χ1v) is 14.4. The lowest BCUT2D eigenvalue weighted by molar-refractivity contribution is -0.138. The van der Waals surface area contributed by atoms with E-state index in [1.54, 1.807) is 18.5 Å². The Hall–Kier alpha value is -2.98. The maximum absolute atomic E-state index is 11.1. The van der Waals surface area contributed by atoms with Crippen LogP contribution in [-0.4, -0.2) is 81.1 Å². The summed E-state index contributed by atoms with van der Waals surface area (Å²) in [6.07, 6.45) is 6.54. The van der Waals surface area contributed by atoms with Crippen LogP contribution in [0.2, 0.25) is 10.0 Å².